The van der Waals surface area contributed by atoms with Gasteiger partial charge in [0.25, 0.3) is 0 Å². The second-order valence-electron chi connectivity index (χ2n) is 9.84. The highest BCUT2D eigenvalue weighted by Crippen LogP contribution is 2.35. The van der Waals surface area contributed by atoms with Gasteiger partial charge in [-0.3, -0.25) is 9.78 Å². The third-order valence-electron chi connectivity index (χ3n) is 7.36. The maximum Gasteiger partial charge on any atom is 0.303 e. The third kappa shape index (κ3) is 7.21. The van der Waals surface area contributed by atoms with Gasteiger partial charge in [-0.2, -0.15) is 0 Å². The summed E-state index contributed by atoms with van der Waals surface area (Å²) >= 11 is 1.30. The van der Waals surface area contributed by atoms with Crippen molar-refractivity contribution in [3.05, 3.63) is 65.9 Å². The van der Waals surface area contributed by atoms with E-state index in [0.29, 0.717) is 29.4 Å². The van der Waals surface area contributed by atoms with Crippen LogP contribution in [0, 0.1) is 23.5 Å². The highest BCUT2D eigenvalue weighted by molar-refractivity contribution is 7.99. The Morgan fingerprint density at radius 3 is 2.87 bits per heavy atom. The van der Waals surface area contributed by atoms with Gasteiger partial charge >= 0.3 is 5.97 Å². The van der Waals surface area contributed by atoms with Crippen LogP contribution < -0.4 is 4.74 Å². The molecule has 38 heavy (non-hydrogen) atoms. The van der Waals surface area contributed by atoms with Crippen LogP contribution in [-0.2, 0) is 4.79 Å². The molecular formula is C29H34F2N2O4S. The Morgan fingerprint density at radius 1 is 1.24 bits per heavy atom. The van der Waals surface area contributed by atoms with Gasteiger partial charge in [0.2, 0.25) is 0 Å². The Balaban J connectivity index is 1.31. The predicted molar refractivity (Wildman–Crippen MR) is 144 cm³/mol. The first kappa shape index (κ1) is 28.3. The summed E-state index contributed by atoms with van der Waals surface area (Å²) in [5.41, 5.74) is 1.59. The van der Waals surface area contributed by atoms with E-state index >= 15 is 0 Å². The number of thioether (sulfide) groups is 1. The predicted octanol–water partition coefficient (Wildman–Crippen LogP) is 5.93. The summed E-state index contributed by atoms with van der Waals surface area (Å²) < 4.78 is 32.6. The van der Waals surface area contributed by atoms with E-state index in [4.69, 9.17) is 4.74 Å². The van der Waals surface area contributed by atoms with Gasteiger partial charge in [0.1, 0.15) is 5.75 Å². The molecule has 1 unspecified atom stereocenters. The lowest BCUT2D eigenvalue weighted by Crippen LogP contribution is -2.42. The van der Waals surface area contributed by atoms with Crippen LogP contribution in [-0.4, -0.2) is 58.6 Å². The second-order valence-corrected chi connectivity index (χ2v) is 11.0. The fraction of sp³-hybridized carbons (Fsp3) is 0.448. The molecule has 2 aromatic carbocycles. The zero-order valence-electron chi connectivity index (χ0n) is 21.5. The van der Waals surface area contributed by atoms with Crippen LogP contribution in [0.15, 0.2) is 53.6 Å². The summed E-state index contributed by atoms with van der Waals surface area (Å²) in [4.78, 5) is 18.6. The molecule has 1 saturated heterocycles. The smallest absolute Gasteiger partial charge is 0.303 e. The third-order valence-corrected chi connectivity index (χ3v) is 8.48. The molecule has 6 nitrogen and oxygen atoms in total. The Hall–Kier alpha value is -2.75. The lowest BCUT2D eigenvalue weighted by Gasteiger charge is -2.38. The topological polar surface area (TPSA) is 82.9 Å². The molecule has 1 aliphatic heterocycles. The minimum absolute atomic E-state index is 0.00366. The van der Waals surface area contributed by atoms with E-state index in [1.165, 1.54) is 17.8 Å². The molecular weight excluding hydrogens is 510 g/mol. The number of pyridine rings is 1. The summed E-state index contributed by atoms with van der Waals surface area (Å²) in [6.45, 7) is 2.31. The van der Waals surface area contributed by atoms with Crippen LogP contribution in [0.2, 0.25) is 0 Å². The van der Waals surface area contributed by atoms with Crippen LogP contribution in [0.25, 0.3) is 10.9 Å². The Morgan fingerprint density at radius 2 is 2.08 bits per heavy atom. The maximum atomic E-state index is 13.9. The summed E-state index contributed by atoms with van der Waals surface area (Å²) in [5, 5.41) is 21.4. The largest absolute Gasteiger partial charge is 0.497 e. The number of aliphatic hydroxyl groups is 1. The van der Waals surface area contributed by atoms with Crippen molar-refractivity contribution in [3.63, 3.8) is 0 Å². The number of carboxylic acid groups (broad SMARTS) is 1. The number of rotatable bonds is 12. The van der Waals surface area contributed by atoms with Gasteiger partial charge in [0, 0.05) is 29.4 Å². The summed E-state index contributed by atoms with van der Waals surface area (Å²) in [6, 6.07) is 11.6. The first-order valence-corrected chi connectivity index (χ1v) is 14.0. The number of nitrogens with zero attached hydrogens (tertiary/aromatic N) is 2. The minimum Gasteiger partial charge on any atom is -0.497 e. The maximum absolute atomic E-state index is 13.9. The van der Waals surface area contributed by atoms with E-state index in [2.05, 4.69) is 9.88 Å². The van der Waals surface area contributed by atoms with Crippen LogP contribution in [0.1, 0.15) is 43.8 Å². The molecule has 204 valence electrons. The first-order chi connectivity index (χ1) is 18.4. The SMILES string of the molecule is COc1ccc2nccc(C(O)CC[C@@H]3CCN(CCCSc4cccc(F)c4F)C[C@@H]3CC(=O)O)c2c1. The van der Waals surface area contributed by atoms with Gasteiger partial charge in [0.05, 0.1) is 18.7 Å². The Kier molecular flexibility index (Phi) is 9.93. The van der Waals surface area contributed by atoms with E-state index < -0.39 is 23.7 Å². The quantitative estimate of drug-likeness (QED) is 0.216. The number of hydrogen-bond acceptors (Lipinski definition) is 6. The van der Waals surface area contributed by atoms with E-state index in [1.54, 1.807) is 19.4 Å². The number of aliphatic carboxylic acids is 1. The molecule has 9 heteroatoms. The molecule has 0 amide bonds. The number of hydrogen-bond donors (Lipinski definition) is 2. The van der Waals surface area contributed by atoms with Gasteiger partial charge in [0.15, 0.2) is 11.6 Å². The lowest BCUT2D eigenvalue weighted by atomic mass is 9.79. The highest BCUT2D eigenvalue weighted by Gasteiger charge is 2.31. The molecule has 2 heterocycles. The number of methoxy groups -OCH3 is 1. The Labute approximate surface area is 226 Å². The van der Waals surface area contributed by atoms with E-state index in [0.717, 1.165) is 54.9 Å². The van der Waals surface area contributed by atoms with E-state index in [1.807, 2.05) is 24.3 Å². The molecule has 1 aliphatic rings. The molecule has 3 aromatic rings. The highest BCUT2D eigenvalue weighted by atomic mass is 32.2. The molecule has 2 N–H and O–H groups in total. The van der Waals surface area contributed by atoms with Crippen molar-refractivity contribution in [2.24, 2.45) is 11.8 Å². The zero-order valence-corrected chi connectivity index (χ0v) is 22.3. The molecule has 0 saturated carbocycles. The number of aliphatic hydroxyl groups excluding tert-OH is 1. The number of carboxylic acids is 1. The molecule has 4 rings (SSSR count). The van der Waals surface area contributed by atoms with Crippen LogP contribution in [0.4, 0.5) is 8.78 Å². The number of fused-ring (bicyclic) bond motifs is 1. The first-order valence-electron chi connectivity index (χ1n) is 13.0. The number of ether oxygens (including phenoxy) is 1. The van der Waals surface area contributed by atoms with Crippen molar-refractivity contribution >= 4 is 28.6 Å². The molecule has 0 radical (unpaired) electrons. The van der Waals surface area contributed by atoms with Crippen molar-refractivity contribution in [3.8, 4) is 5.75 Å². The standard InChI is InChI=1S/C29H34F2N2O4S/c1-37-21-7-8-25-23(17-21)22(10-12-32-25)26(34)9-6-19-11-14-33(18-20(19)16-28(35)36)13-3-15-38-27-5-2-4-24(30)29(27)31/h2,4-5,7-8,10,12,17,19-20,26,34H,3,6,9,11,13-16,18H2,1H3,(H,35,36)/t19-,20+,26?/m1/s1. The number of aromatic nitrogens is 1. The van der Waals surface area contributed by atoms with Crippen molar-refractivity contribution in [2.75, 3.05) is 32.5 Å². The fourth-order valence-electron chi connectivity index (χ4n) is 5.35. The van der Waals surface area contributed by atoms with Gasteiger partial charge in [-0.15, -0.1) is 11.8 Å². The van der Waals surface area contributed by atoms with Crippen molar-refractivity contribution in [2.45, 2.75) is 43.1 Å². The molecule has 1 fully saturated rings. The minimum atomic E-state index is -0.837. The lowest BCUT2D eigenvalue weighted by molar-refractivity contribution is -0.139. The summed E-state index contributed by atoms with van der Waals surface area (Å²) in [5.74, 6) is -0.900. The van der Waals surface area contributed by atoms with Crippen LogP contribution in [0.5, 0.6) is 5.75 Å². The number of halogens is 2. The fourth-order valence-corrected chi connectivity index (χ4v) is 6.24. The summed E-state index contributed by atoms with van der Waals surface area (Å²) in [6.07, 6.45) is 4.03. The normalized spacial score (nSPS) is 18.9. The van der Waals surface area contributed by atoms with E-state index in [9.17, 15) is 23.8 Å². The number of benzene rings is 2. The monoisotopic (exact) mass is 544 g/mol. The second kappa shape index (κ2) is 13.4. The average molecular weight is 545 g/mol. The van der Waals surface area contributed by atoms with Crippen molar-refractivity contribution in [1.82, 2.24) is 9.88 Å². The zero-order chi connectivity index (χ0) is 27.1. The Bertz CT molecular complexity index is 1240. The van der Waals surface area contributed by atoms with Crippen LogP contribution in [0.3, 0.4) is 0 Å². The number of carbonyl (C=O) groups is 1. The van der Waals surface area contributed by atoms with Crippen molar-refractivity contribution in [1.29, 1.82) is 0 Å². The van der Waals surface area contributed by atoms with E-state index in [-0.39, 0.29) is 18.3 Å². The molecule has 3 atom stereocenters. The van der Waals surface area contributed by atoms with Gasteiger partial charge in [-0.05, 0) is 98.3 Å². The van der Waals surface area contributed by atoms with Crippen molar-refractivity contribution < 1.29 is 28.5 Å². The molecule has 0 bridgehead atoms. The average Bonchev–Trinajstić information content (AvgIpc) is 2.91. The van der Waals surface area contributed by atoms with Gasteiger partial charge in [-0.1, -0.05) is 6.07 Å². The molecule has 0 aliphatic carbocycles. The van der Waals surface area contributed by atoms with Gasteiger partial charge in [-0.25, -0.2) is 8.78 Å². The van der Waals surface area contributed by atoms with Crippen LogP contribution >= 0.6 is 11.8 Å². The molecule has 0 spiro atoms. The summed E-state index contributed by atoms with van der Waals surface area (Å²) in [7, 11) is 1.60. The number of likely N-dealkylation sites (tertiary alicyclic amines) is 1. The number of piperidine rings is 1. The van der Waals surface area contributed by atoms with Gasteiger partial charge < -0.3 is 19.8 Å². The molecule has 1 aromatic heterocycles.